The SMILES string of the molecule is OCC1CNCC2(CC2)O1. The Balaban J connectivity index is 1.91. The van der Waals surface area contributed by atoms with Crippen LogP contribution in [0.25, 0.3) is 0 Å². The molecule has 0 aromatic carbocycles. The molecule has 3 heteroatoms. The maximum Gasteiger partial charge on any atom is 0.0937 e. The van der Waals surface area contributed by atoms with Gasteiger partial charge in [-0.15, -0.1) is 0 Å². The van der Waals surface area contributed by atoms with Crippen LogP contribution in [0.3, 0.4) is 0 Å². The van der Waals surface area contributed by atoms with E-state index in [1.807, 2.05) is 0 Å². The molecular formula is C7H13NO2. The number of ether oxygens (including phenoxy) is 1. The summed E-state index contributed by atoms with van der Waals surface area (Å²) in [4.78, 5) is 0. The number of hydrogen-bond donors (Lipinski definition) is 2. The van der Waals surface area contributed by atoms with Crippen LogP contribution in [0.15, 0.2) is 0 Å². The van der Waals surface area contributed by atoms with E-state index in [0.717, 1.165) is 25.9 Å². The van der Waals surface area contributed by atoms with Crippen LogP contribution < -0.4 is 5.32 Å². The van der Waals surface area contributed by atoms with E-state index < -0.39 is 0 Å². The van der Waals surface area contributed by atoms with Crippen molar-refractivity contribution in [3.63, 3.8) is 0 Å². The quantitative estimate of drug-likeness (QED) is 0.520. The van der Waals surface area contributed by atoms with Crippen molar-refractivity contribution in [2.75, 3.05) is 19.7 Å². The Morgan fingerprint density at radius 1 is 1.60 bits per heavy atom. The number of rotatable bonds is 1. The minimum absolute atomic E-state index is 0.0382. The second-order valence-corrected chi connectivity index (χ2v) is 3.24. The fraction of sp³-hybridized carbons (Fsp3) is 1.00. The topological polar surface area (TPSA) is 41.5 Å². The average Bonchev–Trinajstić information content (AvgIpc) is 2.70. The summed E-state index contributed by atoms with van der Waals surface area (Å²) in [5, 5.41) is 12.0. The summed E-state index contributed by atoms with van der Waals surface area (Å²) in [6, 6.07) is 0. The van der Waals surface area contributed by atoms with E-state index in [-0.39, 0.29) is 18.3 Å². The molecule has 0 amide bonds. The minimum atomic E-state index is 0.0382. The lowest BCUT2D eigenvalue weighted by Crippen LogP contribution is -2.47. The van der Waals surface area contributed by atoms with Gasteiger partial charge in [0.1, 0.15) is 0 Å². The third kappa shape index (κ3) is 1.05. The summed E-state index contributed by atoms with van der Waals surface area (Å²) < 4.78 is 5.62. The summed E-state index contributed by atoms with van der Waals surface area (Å²) >= 11 is 0. The van der Waals surface area contributed by atoms with Gasteiger partial charge in [-0.05, 0) is 12.8 Å². The van der Waals surface area contributed by atoms with Crippen molar-refractivity contribution in [1.29, 1.82) is 0 Å². The second kappa shape index (κ2) is 2.19. The van der Waals surface area contributed by atoms with Gasteiger partial charge in [-0.2, -0.15) is 0 Å². The molecule has 0 aromatic heterocycles. The first-order valence-corrected chi connectivity index (χ1v) is 3.84. The highest BCUT2D eigenvalue weighted by molar-refractivity contribution is 5.00. The standard InChI is InChI=1S/C7H13NO2/c9-4-6-3-8-5-7(10-6)1-2-7/h6,8-9H,1-5H2. The number of nitrogens with one attached hydrogen (secondary N) is 1. The van der Waals surface area contributed by atoms with Crippen LogP contribution in [0.1, 0.15) is 12.8 Å². The molecule has 1 aliphatic heterocycles. The van der Waals surface area contributed by atoms with Crippen molar-refractivity contribution in [1.82, 2.24) is 5.32 Å². The molecule has 2 aliphatic rings. The lowest BCUT2D eigenvalue weighted by Gasteiger charge is -2.29. The van der Waals surface area contributed by atoms with Gasteiger partial charge in [0.25, 0.3) is 0 Å². The third-order valence-corrected chi connectivity index (χ3v) is 2.25. The average molecular weight is 143 g/mol. The maximum absolute atomic E-state index is 8.79. The van der Waals surface area contributed by atoms with E-state index >= 15 is 0 Å². The van der Waals surface area contributed by atoms with Gasteiger partial charge in [0.15, 0.2) is 0 Å². The maximum atomic E-state index is 8.79. The van der Waals surface area contributed by atoms with Crippen LogP contribution in [-0.4, -0.2) is 36.5 Å². The Kier molecular flexibility index (Phi) is 1.44. The van der Waals surface area contributed by atoms with Crippen LogP contribution >= 0.6 is 0 Å². The molecule has 2 rings (SSSR count). The Hall–Kier alpha value is -0.120. The summed E-state index contributed by atoms with van der Waals surface area (Å²) in [5.74, 6) is 0. The summed E-state index contributed by atoms with van der Waals surface area (Å²) in [7, 11) is 0. The monoisotopic (exact) mass is 143 g/mol. The first-order valence-electron chi connectivity index (χ1n) is 3.84. The second-order valence-electron chi connectivity index (χ2n) is 3.24. The molecular weight excluding hydrogens is 130 g/mol. The number of aliphatic hydroxyl groups excluding tert-OH is 1. The summed E-state index contributed by atoms with van der Waals surface area (Å²) in [6.07, 6.45) is 2.36. The molecule has 0 radical (unpaired) electrons. The number of hydrogen-bond acceptors (Lipinski definition) is 3. The molecule has 58 valence electrons. The van der Waals surface area contributed by atoms with Crippen LogP contribution in [0.2, 0.25) is 0 Å². The Morgan fingerprint density at radius 3 is 3.00 bits per heavy atom. The van der Waals surface area contributed by atoms with Crippen molar-refractivity contribution >= 4 is 0 Å². The molecule has 1 atom stereocenters. The Bertz CT molecular complexity index is 134. The van der Waals surface area contributed by atoms with Gasteiger partial charge in [-0.25, -0.2) is 0 Å². The van der Waals surface area contributed by atoms with Crippen molar-refractivity contribution < 1.29 is 9.84 Å². The van der Waals surface area contributed by atoms with Gasteiger partial charge in [0, 0.05) is 13.1 Å². The highest BCUT2D eigenvalue weighted by Crippen LogP contribution is 2.41. The number of aliphatic hydroxyl groups is 1. The molecule has 1 saturated carbocycles. The van der Waals surface area contributed by atoms with E-state index in [0.29, 0.717) is 0 Å². The molecule has 3 nitrogen and oxygen atoms in total. The molecule has 1 unspecified atom stereocenters. The van der Waals surface area contributed by atoms with E-state index in [2.05, 4.69) is 5.32 Å². The van der Waals surface area contributed by atoms with Crippen molar-refractivity contribution in [3.8, 4) is 0 Å². The molecule has 1 saturated heterocycles. The first-order chi connectivity index (χ1) is 4.85. The summed E-state index contributed by atoms with van der Waals surface area (Å²) in [5.41, 5.74) is 0.131. The fourth-order valence-corrected chi connectivity index (χ4v) is 1.43. The molecule has 1 aliphatic carbocycles. The van der Waals surface area contributed by atoms with E-state index in [9.17, 15) is 0 Å². The van der Waals surface area contributed by atoms with Gasteiger partial charge in [-0.3, -0.25) is 0 Å². The molecule has 0 bridgehead atoms. The molecule has 2 N–H and O–H groups in total. The molecule has 0 aromatic rings. The van der Waals surface area contributed by atoms with E-state index in [1.165, 1.54) is 0 Å². The highest BCUT2D eigenvalue weighted by atomic mass is 16.5. The zero-order valence-electron chi connectivity index (χ0n) is 5.97. The smallest absolute Gasteiger partial charge is 0.0937 e. The third-order valence-electron chi connectivity index (χ3n) is 2.25. The Morgan fingerprint density at radius 2 is 2.40 bits per heavy atom. The zero-order valence-corrected chi connectivity index (χ0v) is 5.97. The molecule has 1 heterocycles. The van der Waals surface area contributed by atoms with Gasteiger partial charge in [-0.1, -0.05) is 0 Å². The van der Waals surface area contributed by atoms with Crippen LogP contribution in [0, 0.1) is 0 Å². The van der Waals surface area contributed by atoms with E-state index in [4.69, 9.17) is 9.84 Å². The van der Waals surface area contributed by atoms with Gasteiger partial charge in [0.05, 0.1) is 18.3 Å². The van der Waals surface area contributed by atoms with Crippen LogP contribution in [0.4, 0.5) is 0 Å². The lowest BCUT2D eigenvalue weighted by atomic mass is 10.2. The molecule has 10 heavy (non-hydrogen) atoms. The normalized spacial score (nSPS) is 36.3. The van der Waals surface area contributed by atoms with Gasteiger partial charge >= 0.3 is 0 Å². The Labute approximate surface area is 60.4 Å². The molecule has 1 spiro atoms. The van der Waals surface area contributed by atoms with Gasteiger partial charge < -0.3 is 15.2 Å². The first kappa shape index (κ1) is 6.58. The molecule has 2 fully saturated rings. The van der Waals surface area contributed by atoms with Crippen LogP contribution in [-0.2, 0) is 4.74 Å². The predicted octanol–water partition coefficient (Wildman–Crippen LogP) is -0.500. The largest absolute Gasteiger partial charge is 0.394 e. The van der Waals surface area contributed by atoms with E-state index in [1.54, 1.807) is 0 Å². The van der Waals surface area contributed by atoms with Crippen molar-refractivity contribution in [2.24, 2.45) is 0 Å². The fourth-order valence-electron chi connectivity index (χ4n) is 1.43. The highest BCUT2D eigenvalue weighted by Gasteiger charge is 2.47. The summed E-state index contributed by atoms with van der Waals surface area (Å²) in [6.45, 7) is 1.93. The van der Waals surface area contributed by atoms with Crippen molar-refractivity contribution in [2.45, 2.75) is 24.5 Å². The van der Waals surface area contributed by atoms with Gasteiger partial charge in [0.2, 0.25) is 0 Å². The van der Waals surface area contributed by atoms with Crippen molar-refractivity contribution in [3.05, 3.63) is 0 Å². The lowest BCUT2D eigenvalue weighted by molar-refractivity contribution is -0.0755. The number of morpholine rings is 1. The van der Waals surface area contributed by atoms with Crippen LogP contribution in [0.5, 0.6) is 0 Å². The zero-order chi connectivity index (χ0) is 7.03. The minimum Gasteiger partial charge on any atom is -0.394 e. The predicted molar refractivity (Wildman–Crippen MR) is 36.8 cm³/mol.